The Kier molecular flexibility index (Phi) is 2.20. The Morgan fingerprint density at radius 2 is 2.50 bits per heavy atom. The molecular formula is C6H12OS. The summed E-state index contributed by atoms with van der Waals surface area (Å²) >= 11 is 4.28. The van der Waals surface area contributed by atoms with Crippen LogP contribution >= 0.6 is 12.6 Å². The van der Waals surface area contributed by atoms with Gasteiger partial charge in [-0.15, -0.1) is 0 Å². The maximum Gasteiger partial charge on any atom is 0.0587 e. The van der Waals surface area contributed by atoms with Gasteiger partial charge in [0.05, 0.1) is 12.7 Å². The summed E-state index contributed by atoms with van der Waals surface area (Å²) in [5.41, 5.74) is 0. The Labute approximate surface area is 55.8 Å². The van der Waals surface area contributed by atoms with Crippen LogP contribution in [-0.2, 0) is 4.74 Å². The molecule has 1 fully saturated rings. The molecule has 2 heteroatoms. The molecule has 48 valence electrons. The fourth-order valence-electron chi connectivity index (χ4n) is 0.971. The first-order chi connectivity index (χ1) is 3.83. The number of ether oxygens (including phenoxy) is 1. The SMILES string of the molecule is CCC1CC(S)CO1. The van der Waals surface area contributed by atoms with Crippen molar-refractivity contribution < 1.29 is 4.74 Å². The Hall–Kier alpha value is 0.310. The van der Waals surface area contributed by atoms with Crippen molar-refractivity contribution in [2.75, 3.05) is 6.61 Å². The van der Waals surface area contributed by atoms with Crippen molar-refractivity contribution in [2.45, 2.75) is 31.1 Å². The van der Waals surface area contributed by atoms with E-state index in [2.05, 4.69) is 19.6 Å². The summed E-state index contributed by atoms with van der Waals surface area (Å²) in [7, 11) is 0. The quantitative estimate of drug-likeness (QED) is 0.532. The van der Waals surface area contributed by atoms with Crippen LogP contribution in [0.1, 0.15) is 19.8 Å². The lowest BCUT2D eigenvalue weighted by atomic mass is 10.2. The van der Waals surface area contributed by atoms with Crippen LogP contribution in [0.15, 0.2) is 0 Å². The maximum absolute atomic E-state index is 5.34. The summed E-state index contributed by atoms with van der Waals surface area (Å²) in [4.78, 5) is 0. The standard InChI is InChI=1S/C6H12OS/c1-2-5-3-6(8)4-7-5/h5-6,8H,2-4H2,1H3. The zero-order valence-corrected chi connectivity index (χ0v) is 6.03. The van der Waals surface area contributed by atoms with E-state index in [0.717, 1.165) is 19.4 Å². The van der Waals surface area contributed by atoms with Crippen LogP contribution in [0.3, 0.4) is 0 Å². The fourth-order valence-corrected chi connectivity index (χ4v) is 1.29. The molecule has 1 rings (SSSR count). The molecule has 1 nitrogen and oxygen atoms in total. The lowest BCUT2D eigenvalue weighted by molar-refractivity contribution is 0.108. The lowest BCUT2D eigenvalue weighted by Gasteiger charge is -2.01. The zero-order chi connectivity index (χ0) is 5.98. The smallest absolute Gasteiger partial charge is 0.0587 e. The molecule has 0 aliphatic carbocycles. The minimum absolute atomic E-state index is 0.498. The Morgan fingerprint density at radius 3 is 2.75 bits per heavy atom. The van der Waals surface area contributed by atoms with Gasteiger partial charge in [0.15, 0.2) is 0 Å². The molecule has 8 heavy (non-hydrogen) atoms. The third-order valence-electron chi connectivity index (χ3n) is 1.51. The maximum atomic E-state index is 5.34. The van der Waals surface area contributed by atoms with Gasteiger partial charge in [-0.2, -0.15) is 12.6 Å². The molecule has 0 radical (unpaired) electrons. The molecule has 1 aliphatic heterocycles. The highest BCUT2D eigenvalue weighted by atomic mass is 32.1. The average molecular weight is 132 g/mol. The molecule has 2 unspecified atom stereocenters. The largest absolute Gasteiger partial charge is 0.377 e. The van der Waals surface area contributed by atoms with E-state index in [0.29, 0.717) is 11.4 Å². The van der Waals surface area contributed by atoms with Crippen LogP contribution in [-0.4, -0.2) is 18.0 Å². The molecular weight excluding hydrogens is 120 g/mol. The van der Waals surface area contributed by atoms with E-state index in [-0.39, 0.29) is 0 Å². The molecule has 0 saturated carbocycles. The molecule has 1 aliphatic rings. The first kappa shape index (κ1) is 6.43. The molecule has 1 saturated heterocycles. The summed E-state index contributed by atoms with van der Waals surface area (Å²) in [5, 5.41) is 0.500. The first-order valence-corrected chi connectivity index (χ1v) is 3.64. The number of hydrogen-bond donors (Lipinski definition) is 1. The van der Waals surface area contributed by atoms with E-state index >= 15 is 0 Å². The second-order valence-corrected chi connectivity index (χ2v) is 2.98. The number of rotatable bonds is 1. The van der Waals surface area contributed by atoms with Gasteiger partial charge in [-0.25, -0.2) is 0 Å². The van der Waals surface area contributed by atoms with Gasteiger partial charge in [0.2, 0.25) is 0 Å². The van der Waals surface area contributed by atoms with Gasteiger partial charge in [0, 0.05) is 5.25 Å². The minimum Gasteiger partial charge on any atom is -0.377 e. The van der Waals surface area contributed by atoms with Crippen molar-refractivity contribution in [3.05, 3.63) is 0 Å². The highest BCUT2D eigenvalue weighted by molar-refractivity contribution is 7.81. The summed E-state index contributed by atoms with van der Waals surface area (Å²) in [6.45, 7) is 3.00. The van der Waals surface area contributed by atoms with Crippen LogP contribution < -0.4 is 0 Å². The highest BCUT2D eigenvalue weighted by Gasteiger charge is 2.20. The van der Waals surface area contributed by atoms with Crippen LogP contribution in [0.2, 0.25) is 0 Å². The van der Waals surface area contributed by atoms with Crippen LogP contribution in [0, 0.1) is 0 Å². The number of thiol groups is 1. The highest BCUT2D eigenvalue weighted by Crippen LogP contribution is 2.19. The molecule has 0 aromatic carbocycles. The number of hydrogen-bond acceptors (Lipinski definition) is 2. The summed E-state index contributed by atoms with van der Waals surface area (Å²) in [6, 6.07) is 0. The predicted molar refractivity (Wildman–Crippen MR) is 37.4 cm³/mol. The second-order valence-electron chi connectivity index (χ2n) is 2.25. The average Bonchev–Trinajstić information content (AvgIpc) is 2.14. The first-order valence-electron chi connectivity index (χ1n) is 3.12. The van der Waals surface area contributed by atoms with E-state index in [1.54, 1.807) is 0 Å². The van der Waals surface area contributed by atoms with E-state index in [4.69, 9.17) is 4.74 Å². The Morgan fingerprint density at radius 1 is 1.75 bits per heavy atom. The molecule has 2 atom stereocenters. The van der Waals surface area contributed by atoms with Crippen molar-refractivity contribution >= 4 is 12.6 Å². The van der Waals surface area contributed by atoms with Gasteiger partial charge in [0.25, 0.3) is 0 Å². The normalized spacial score (nSPS) is 38.2. The Balaban J connectivity index is 2.22. The van der Waals surface area contributed by atoms with E-state index in [1.807, 2.05) is 0 Å². The lowest BCUT2D eigenvalue weighted by Crippen LogP contribution is -2.01. The Bertz CT molecular complexity index is 74.9. The van der Waals surface area contributed by atoms with Gasteiger partial charge in [-0.05, 0) is 12.8 Å². The van der Waals surface area contributed by atoms with Crippen LogP contribution in [0.25, 0.3) is 0 Å². The molecule has 1 heterocycles. The van der Waals surface area contributed by atoms with Crippen molar-refractivity contribution in [1.82, 2.24) is 0 Å². The summed E-state index contributed by atoms with van der Waals surface area (Å²) in [6.07, 6.45) is 2.77. The van der Waals surface area contributed by atoms with Gasteiger partial charge < -0.3 is 4.74 Å². The van der Waals surface area contributed by atoms with Crippen LogP contribution in [0.5, 0.6) is 0 Å². The third-order valence-corrected chi connectivity index (χ3v) is 1.87. The van der Waals surface area contributed by atoms with Crippen molar-refractivity contribution in [3.63, 3.8) is 0 Å². The topological polar surface area (TPSA) is 9.23 Å². The monoisotopic (exact) mass is 132 g/mol. The van der Waals surface area contributed by atoms with Crippen molar-refractivity contribution in [1.29, 1.82) is 0 Å². The van der Waals surface area contributed by atoms with Crippen molar-refractivity contribution in [3.8, 4) is 0 Å². The van der Waals surface area contributed by atoms with Gasteiger partial charge >= 0.3 is 0 Å². The molecule has 0 aromatic rings. The van der Waals surface area contributed by atoms with Crippen LogP contribution in [0.4, 0.5) is 0 Å². The summed E-state index contributed by atoms with van der Waals surface area (Å²) in [5.74, 6) is 0. The molecule has 0 aromatic heterocycles. The van der Waals surface area contributed by atoms with E-state index in [1.165, 1.54) is 0 Å². The second kappa shape index (κ2) is 2.74. The molecule has 0 amide bonds. The van der Waals surface area contributed by atoms with E-state index in [9.17, 15) is 0 Å². The third kappa shape index (κ3) is 1.39. The molecule has 0 spiro atoms. The van der Waals surface area contributed by atoms with Crippen molar-refractivity contribution in [2.24, 2.45) is 0 Å². The van der Waals surface area contributed by atoms with Gasteiger partial charge in [-0.3, -0.25) is 0 Å². The molecule has 0 bridgehead atoms. The van der Waals surface area contributed by atoms with Gasteiger partial charge in [0.1, 0.15) is 0 Å². The van der Waals surface area contributed by atoms with E-state index < -0.39 is 0 Å². The summed E-state index contributed by atoms with van der Waals surface area (Å²) < 4.78 is 5.34. The van der Waals surface area contributed by atoms with Gasteiger partial charge in [-0.1, -0.05) is 6.92 Å². The zero-order valence-electron chi connectivity index (χ0n) is 5.13. The fraction of sp³-hybridized carbons (Fsp3) is 1.00. The predicted octanol–water partition coefficient (Wildman–Crippen LogP) is 1.48. The molecule has 0 N–H and O–H groups in total. The minimum atomic E-state index is 0.498.